The number of nitrogens with one attached hydrogen (secondary N) is 1. The van der Waals surface area contributed by atoms with E-state index in [9.17, 15) is 9.50 Å². The van der Waals surface area contributed by atoms with Crippen LogP contribution in [-0.2, 0) is 0 Å². The lowest BCUT2D eigenvalue weighted by Gasteiger charge is -2.21. The van der Waals surface area contributed by atoms with E-state index in [2.05, 4.69) is 5.32 Å². The van der Waals surface area contributed by atoms with Crippen LogP contribution in [-0.4, -0.2) is 23.4 Å². The highest BCUT2D eigenvalue weighted by Gasteiger charge is 2.16. The van der Waals surface area contributed by atoms with Crippen LogP contribution < -0.4 is 5.32 Å². The molecule has 22 heavy (non-hydrogen) atoms. The zero-order valence-electron chi connectivity index (χ0n) is 12.5. The van der Waals surface area contributed by atoms with Gasteiger partial charge in [-0.05, 0) is 24.5 Å². The van der Waals surface area contributed by atoms with Crippen LogP contribution in [0.4, 0.5) is 4.39 Å². The maximum Gasteiger partial charge on any atom is 0.129 e. The number of hydrogen-bond donors (Lipinski definition) is 3. The zero-order valence-corrected chi connectivity index (χ0v) is 12.5. The summed E-state index contributed by atoms with van der Waals surface area (Å²) in [6.07, 6.45) is 0.522. The van der Waals surface area contributed by atoms with E-state index in [0.29, 0.717) is 12.0 Å². The zero-order chi connectivity index (χ0) is 15.8. The summed E-state index contributed by atoms with van der Waals surface area (Å²) in [7, 11) is 0. The molecule has 0 saturated carbocycles. The van der Waals surface area contributed by atoms with Crippen LogP contribution in [0.2, 0.25) is 0 Å². The summed E-state index contributed by atoms with van der Waals surface area (Å²) >= 11 is 0. The molecular weight excluding hydrogens is 281 g/mol. The van der Waals surface area contributed by atoms with Crippen LogP contribution in [0.15, 0.2) is 54.6 Å². The van der Waals surface area contributed by atoms with Crippen LogP contribution in [0.3, 0.4) is 0 Å². The van der Waals surface area contributed by atoms with Gasteiger partial charge in [0.2, 0.25) is 0 Å². The molecular formula is C18H22FNO2. The van der Waals surface area contributed by atoms with E-state index in [-0.39, 0.29) is 19.2 Å². The number of halogens is 1. The van der Waals surface area contributed by atoms with Gasteiger partial charge in [0, 0.05) is 24.8 Å². The lowest BCUT2D eigenvalue weighted by molar-refractivity contribution is 0.163. The van der Waals surface area contributed by atoms with Gasteiger partial charge < -0.3 is 15.5 Å². The normalized spacial score (nSPS) is 13.8. The first-order chi connectivity index (χ1) is 10.7. The highest BCUT2D eigenvalue weighted by Crippen LogP contribution is 2.21. The quantitative estimate of drug-likeness (QED) is 0.703. The van der Waals surface area contributed by atoms with Crippen molar-refractivity contribution < 1.29 is 14.6 Å². The van der Waals surface area contributed by atoms with Crippen molar-refractivity contribution in [1.29, 1.82) is 0 Å². The van der Waals surface area contributed by atoms with Gasteiger partial charge in [0.1, 0.15) is 5.82 Å². The monoisotopic (exact) mass is 303 g/mol. The number of rotatable bonds is 8. The highest BCUT2D eigenvalue weighted by atomic mass is 19.1. The van der Waals surface area contributed by atoms with E-state index in [1.165, 1.54) is 6.07 Å². The van der Waals surface area contributed by atoms with E-state index in [1.807, 2.05) is 30.3 Å². The van der Waals surface area contributed by atoms with E-state index in [0.717, 1.165) is 12.0 Å². The van der Waals surface area contributed by atoms with Crippen molar-refractivity contribution in [2.45, 2.75) is 25.0 Å². The average molecular weight is 303 g/mol. The predicted molar refractivity (Wildman–Crippen MR) is 84.9 cm³/mol. The number of hydrogen-bond acceptors (Lipinski definition) is 3. The van der Waals surface area contributed by atoms with E-state index in [4.69, 9.17) is 5.11 Å². The smallest absolute Gasteiger partial charge is 0.129 e. The molecule has 2 rings (SSSR count). The second kappa shape index (κ2) is 8.63. The van der Waals surface area contributed by atoms with Gasteiger partial charge in [-0.25, -0.2) is 4.39 Å². The Kier molecular flexibility index (Phi) is 6.52. The summed E-state index contributed by atoms with van der Waals surface area (Å²) in [6, 6.07) is 16.1. The highest BCUT2D eigenvalue weighted by molar-refractivity contribution is 5.21. The van der Waals surface area contributed by atoms with Crippen molar-refractivity contribution in [3.05, 3.63) is 71.5 Å². The second-order valence-corrected chi connectivity index (χ2v) is 5.27. The molecule has 2 unspecified atom stereocenters. The summed E-state index contributed by atoms with van der Waals surface area (Å²) < 4.78 is 13.7. The van der Waals surface area contributed by atoms with Gasteiger partial charge in [0.05, 0.1) is 6.10 Å². The average Bonchev–Trinajstić information content (AvgIpc) is 2.56. The standard InChI is InChI=1S/C18H22FNO2/c19-16-10-5-4-9-15(16)18(22)13-20-17(11-6-12-21)14-7-2-1-3-8-14/h1-5,7-10,17-18,20-22H,6,11-13H2. The minimum absolute atomic E-state index is 0.0229. The second-order valence-electron chi connectivity index (χ2n) is 5.27. The van der Waals surface area contributed by atoms with Crippen molar-refractivity contribution in [2.24, 2.45) is 0 Å². The molecule has 2 aromatic carbocycles. The van der Waals surface area contributed by atoms with E-state index >= 15 is 0 Å². The van der Waals surface area contributed by atoms with Crippen LogP contribution in [0.25, 0.3) is 0 Å². The first kappa shape index (κ1) is 16.6. The molecule has 0 bridgehead atoms. The van der Waals surface area contributed by atoms with Gasteiger partial charge in [-0.3, -0.25) is 0 Å². The molecule has 0 heterocycles. The summed E-state index contributed by atoms with van der Waals surface area (Å²) in [5.41, 5.74) is 1.39. The molecule has 3 nitrogen and oxygen atoms in total. The Labute approximate surface area is 130 Å². The molecule has 2 atom stereocenters. The minimum Gasteiger partial charge on any atom is -0.396 e. The van der Waals surface area contributed by atoms with E-state index < -0.39 is 11.9 Å². The molecule has 0 aliphatic heterocycles. The molecule has 0 radical (unpaired) electrons. The third-order valence-corrected chi connectivity index (χ3v) is 3.67. The lowest BCUT2D eigenvalue weighted by Crippen LogP contribution is -2.27. The molecule has 4 heteroatoms. The van der Waals surface area contributed by atoms with Crippen LogP contribution in [0.1, 0.15) is 36.1 Å². The summed E-state index contributed by atoms with van der Waals surface area (Å²) in [5.74, 6) is -0.400. The van der Waals surface area contributed by atoms with Crippen molar-refractivity contribution >= 4 is 0 Å². The maximum atomic E-state index is 13.7. The van der Waals surface area contributed by atoms with Crippen molar-refractivity contribution in [1.82, 2.24) is 5.32 Å². The summed E-state index contributed by atoms with van der Waals surface area (Å²) in [5, 5.41) is 22.5. The van der Waals surface area contributed by atoms with Gasteiger partial charge in [-0.15, -0.1) is 0 Å². The molecule has 0 aliphatic rings. The van der Waals surface area contributed by atoms with Gasteiger partial charge in [-0.2, -0.15) is 0 Å². The lowest BCUT2D eigenvalue weighted by atomic mass is 10.0. The Morgan fingerprint density at radius 1 is 1.00 bits per heavy atom. The van der Waals surface area contributed by atoms with Gasteiger partial charge in [-0.1, -0.05) is 48.5 Å². The van der Waals surface area contributed by atoms with Gasteiger partial charge >= 0.3 is 0 Å². The number of benzene rings is 2. The molecule has 3 N–H and O–H groups in total. The third-order valence-electron chi connectivity index (χ3n) is 3.67. The van der Waals surface area contributed by atoms with Crippen LogP contribution >= 0.6 is 0 Å². The predicted octanol–water partition coefficient (Wildman–Crippen LogP) is 2.96. The summed E-state index contributed by atoms with van der Waals surface area (Å²) in [4.78, 5) is 0. The molecule has 118 valence electrons. The molecule has 0 amide bonds. The van der Waals surface area contributed by atoms with Gasteiger partial charge in [0.15, 0.2) is 0 Å². The Balaban J connectivity index is 2.00. The van der Waals surface area contributed by atoms with Crippen molar-refractivity contribution in [3.8, 4) is 0 Å². The topological polar surface area (TPSA) is 52.5 Å². The van der Waals surface area contributed by atoms with Crippen molar-refractivity contribution in [3.63, 3.8) is 0 Å². The number of aliphatic hydroxyl groups excluding tert-OH is 2. The van der Waals surface area contributed by atoms with Crippen molar-refractivity contribution in [2.75, 3.05) is 13.2 Å². The first-order valence-electron chi connectivity index (χ1n) is 7.54. The maximum absolute atomic E-state index is 13.7. The van der Waals surface area contributed by atoms with Crippen LogP contribution in [0, 0.1) is 5.82 Å². The Bertz CT molecular complexity index is 562. The molecule has 0 aromatic heterocycles. The molecule has 0 spiro atoms. The summed E-state index contributed by atoms with van der Waals surface area (Å²) in [6.45, 7) is 0.382. The fourth-order valence-electron chi connectivity index (χ4n) is 2.48. The molecule has 0 fully saturated rings. The Hall–Kier alpha value is -1.75. The third kappa shape index (κ3) is 4.63. The molecule has 0 aliphatic carbocycles. The Morgan fingerprint density at radius 3 is 2.36 bits per heavy atom. The molecule has 0 saturated heterocycles. The Morgan fingerprint density at radius 2 is 1.68 bits per heavy atom. The SMILES string of the molecule is OCCCC(NCC(O)c1ccccc1F)c1ccccc1. The first-order valence-corrected chi connectivity index (χ1v) is 7.54. The van der Waals surface area contributed by atoms with Crippen LogP contribution in [0.5, 0.6) is 0 Å². The number of aliphatic hydroxyl groups is 2. The fourth-order valence-corrected chi connectivity index (χ4v) is 2.48. The van der Waals surface area contributed by atoms with Gasteiger partial charge in [0.25, 0.3) is 0 Å². The fraction of sp³-hybridized carbons (Fsp3) is 0.333. The minimum atomic E-state index is -0.901. The largest absolute Gasteiger partial charge is 0.396 e. The molecule has 2 aromatic rings. The van der Waals surface area contributed by atoms with E-state index in [1.54, 1.807) is 18.2 Å².